The van der Waals surface area contributed by atoms with E-state index in [0.29, 0.717) is 5.56 Å². The van der Waals surface area contributed by atoms with E-state index in [4.69, 9.17) is 27.9 Å². The van der Waals surface area contributed by atoms with Gasteiger partial charge in [-0.25, -0.2) is 4.79 Å². The van der Waals surface area contributed by atoms with Crippen molar-refractivity contribution in [3.05, 3.63) is 63.1 Å². The molecule has 1 N–H and O–H groups in total. The minimum atomic E-state index is -4.51. The van der Waals surface area contributed by atoms with Gasteiger partial charge in [-0.2, -0.15) is 13.2 Å². The number of benzene rings is 2. The van der Waals surface area contributed by atoms with Crippen LogP contribution in [-0.4, -0.2) is 18.5 Å². The van der Waals surface area contributed by atoms with Gasteiger partial charge in [0.15, 0.2) is 6.61 Å². The Hall–Kier alpha value is -2.25. The number of alkyl halides is 3. The number of amides is 1. The van der Waals surface area contributed by atoms with Crippen molar-refractivity contribution in [2.75, 3.05) is 11.9 Å². The lowest BCUT2D eigenvalue weighted by atomic mass is 10.1. The number of esters is 1. The molecule has 0 aromatic heterocycles. The summed E-state index contributed by atoms with van der Waals surface area (Å²) < 4.78 is 42.2. The molecule has 2 aromatic rings. The highest BCUT2D eigenvalue weighted by atomic mass is 35.5. The smallest absolute Gasteiger partial charge is 0.416 e. The van der Waals surface area contributed by atoms with Crippen molar-refractivity contribution >= 4 is 40.8 Å². The number of hydrogen-bond donors (Lipinski definition) is 1. The first kappa shape index (κ1) is 20.1. The van der Waals surface area contributed by atoms with Gasteiger partial charge in [0.2, 0.25) is 0 Å². The number of aryl methyl sites for hydroxylation is 1. The third-order valence-corrected chi connectivity index (χ3v) is 4.13. The summed E-state index contributed by atoms with van der Waals surface area (Å²) in [6.45, 7) is 1.07. The van der Waals surface area contributed by atoms with Crippen molar-refractivity contribution in [3.8, 4) is 0 Å². The fraction of sp³-hybridized carbons (Fsp3) is 0.176. The van der Waals surface area contributed by atoms with Crippen molar-refractivity contribution in [2.45, 2.75) is 13.1 Å². The number of hydrogen-bond acceptors (Lipinski definition) is 3. The van der Waals surface area contributed by atoms with Crippen LogP contribution in [0.3, 0.4) is 0 Å². The Labute approximate surface area is 156 Å². The predicted octanol–water partition coefficient (Wildman–Crippen LogP) is 5.12. The highest BCUT2D eigenvalue weighted by Crippen LogP contribution is 2.33. The van der Waals surface area contributed by atoms with Crippen LogP contribution in [0, 0.1) is 6.92 Å². The Balaban J connectivity index is 1.97. The maximum absolute atomic E-state index is 12.5. The monoisotopic (exact) mass is 405 g/mol. The van der Waals surface area contributed by atoms with Crippen LogP contribution in [0.1, 0.15) is 21.5 Å². The number of rotatable bonds is 4. The maximum atomic E-state index is 12.5. The maximum Gasteiger partial charge on any atom is 0.416 e. The molecule has 0 fully saturated rings. The molecule has 0 bridgehead atoms. The second-order valence-electron chi connectivity index (χ2n) is 5.25. The molecule has 26 heavy (non-hydrogen) atoms. The molecule has 0 aliphatic carbocycles. The van der Waals surface area contributed by atoms with Crippen molar-refractivity contribution < 1.29 is 27.5 Å². The van der Waals surface area contributed by atoms with E-state index >= 15 is 0 Å². The van der Waals surface area contributed by atoms with E-state index in [9.17, 15) is 22.8 Å². The normalized spacial score (nSPS) is 11.2. The Morgan fingerprint density at radius 3 is 2.27 bits per heavy atom. The molecule has 0 atom stereocenters. The Bertz CT molecular complexity index is 836. The van der Waals surface area contributed by atoms with Crippen LogP contribution >= 0.6 is 23.2 Å². The van der Waals surface area contributed by atoms with Crippen LogP contribution < -0.4 is 5.32 Å². The van der Waals surface area contributed by atoms with Gasteiger partial charge < -0.3 is 10.1 Å². The Kier molecular flexibility index (Phi) is 6.15. The molecular weight excluding hydrogens is 394 g/mol. The second-order valence-corrected chi connectivity index (χ2v) is 6.04. The minimum Gasteiger partial charge on any atom is -0.452 e. The molecule has 2 aromatic carbocycles. The molecule has 0 spiro atoms. The lowest BCUT2D eigenvalue weighted by Gasteiger charge is -2.11. The first-order chi connectivity index (χ1) is 12.1. The van der Waals surface area contributed by atoms with Gasteiger partial charge in [-0.3, -0.25) is 4.79 Å². The van der Waals surface area contributed by atoms with E-state index in [1.807, 2.05) is 0 Å². The van der Waals surface area contributed by atoms with Crippen molar-refractivity contribution in [1.82, 2.24) is 0 Å². The fourth-order valence-corrected chi connectivity index (χ4v) is 2.42. The second kappa shape index (κ2) is 7.97. The number of ether oxygens (including phenoxy) is 1. The molecule has 0 aliphatic rings. The quantitative estimate of drug-likeness (QED) is 0.718. The van der Waals surface area contributed by atoms with E-state index in [1.54, 1.807) is 19.1 Å². The first-order valence-electron chi connectivity index (χ1n) is 7.18. The van der Waals surface area contributed by atoms with Gasteiger partial charge in [-0.1, -0.05) is 29.3 Å². The van der Waals surface area contributed by atoms with Crippen molar-refractivity contribution in [2.24, 2.45) is 0 Å². The molecule has 9 heteroatoms. The van der Waals surface area contributed by atoms with E-state index < -0.39 is 30.2 Å². The third-order valence-electron chi connectivity index (χ3n) is 3.33. The van der Waals surface area contributed by atoms with Gasteiger partial charge in [0.05, 0.1) is 26.9 Å². The molecule has 0 aliphatic heterocycles. The van der Waals surface area contributed by atoms with Crippen LogP contribution in [-0.2, 0) is 15.7 Å². The SMILES string of the molecule is Cc1ccc(Cl)c(NC(=O)COC(=O)c2ccc(C(F)(F)F)cc2)c1Cl. The molecule has 0 saturated carbocycles. The average Bonchev–Trinajstić information content (AvgIpc) is 2.59. The zero-order valence-electron chi connectivity index (χ0n) is 13.3. The van der Waals surface area contributed by atoms with E-state index in [-0.39, 0.29) is 21.3 Å². The first-order valence-corrected chi connectivity index (χ1v) is 7.94. The molecule has 0 unspecified atom stereocenters. The Morgan fingerprint density at radius 2 is 1.69 bits per heavy atom. The summed E-state index contributed by atoms with van der Waals surface area (Å²) in [5, 5.41) is 2.89. The van der Waals surface area contributed by atoms with Gasteiger partial charge in [0.25, 0.3) is 5.91 Å². The lowest BCUT2D eigenvalue weighted by Crippen LogP contribution is -2.21. The number of carbonyl (C=O) groups is 2. The van der Waals surface area contributed by atoms with E-state index in [2.05, 4.69) is 5.32 Å². The topological polar surface area (TPSA) is 55.4 Å². The van der Waals surface area contributed by atoms with Gasteiger partial charge in [0.1, 0.15) is 0 Å². The van der Waals surface area contributed by atoms with Crippen LogP contribution in [0.25, 0.3) is 0 Å². The fourth-order valence-electron chi connectivity index (χ4n) is 1.96. The number of halogens is 5. The molecule has 0 heterocycles. The van der Waals surface area contributed by atoms with Gasteiger partial charge >= 0.3 is 12.1 Å². The molecule has 2 rings (SSSR count). The van der Waals surface area contributed by atoms with Gasteiger partial charge in [-0.05, 0) is 42.8 Å². The van der Waals surface area contributed by atoms with E-state index in [1.165, 1.54) is 0 Å². The third kappa shape index (κ3) is 4.89. The summed E-state index contributed by atoms with van der Waals surface area (Å²) in [6, 6.07) is 6.66. The van der Waals surface area contributed by atoms with Crippen molar-refractivity contribution in [1.29, 1.82) is 0 Å². The van der Waals surface area contributed by atoms with E-state index in [0.717, 1.165) is 24.3 Å². The molecule has 4 nitrogen and oxygen atoms in total. The predicted molar refractivity (Wildman–Crippen MR) is 91.6 cm³/mol. The number of carbonyl (C=O) groups excluding carboxylic acids is 2. The summed E-state index contributed by atoms with van der Waals surface area (Å²) >= 11 is 12.0. The molecular formula is C17H12Cl2F3NO3. The van der Waals surface area contributed by atoms with Crippen LogP contribution in [0.5, 0.6) is 0 Å². The van der Waals surface area contributed by atoms with Gasteiger partial charge in [0, 0.05) is 0 Å². The molecule has 138 valence electrons. The zero-order chi connectivity index (χ0) is 19.5. The lowest BCUT2D eigenvalue weighted by molar-refractivity contribution is -0.137. The van der Waals surface area contributed by atoms with Crippen LogP contribution in [0.4, 0.5) is 18.9 Å². The zero-order valence-corrected chi connectivity index (χ0v) is 14.8. The molecule has 0 radical (unpaired) electrons. The number of nitrogens with one attached hydrogen (secondary N) is 1. The van der Waals surface area contributed by atoms with Crippen LogP contribution in [0.15, 0.2) is 36.4 Å². The largest absolute Gasteiger partial charge is 0.452 e. The van der Waals surface area contributed by atoms with Crippen LogP contribution in [0.2, 0.25) is 10.0 Å². The summed E-state index contributed by atoms with van der Waals surface area (Å²) in [5.41, 5.74) is -0.134. The number of anilines is 1. The molecule has 0 saturated heterocycles. The van der Waals surface area contributed by atoms with Gasteiger partial charge in [-0.15, -0.1) is 0 Å². The minimum absolute atomic E-state index is 0.113. The average molecular weight is 406 g/mol. The summed E-state index contributed by atoms with van der Waals surface area (Å²) in [6.07, 6.45) is -4.51. The summed E-state index contributed by atoms with van der Waals surface area (Å²) in [4.78, 5) is 23.7. The van der Waals surface area contributed by atoms with Crippen molar-refractivity contribution in [3.63, 3.8) is 0 Å². The highest BCUT2D eigenvalue weighted by Gasteiger charge is 2.30. The summed E-state index contributed by atoms with van der Waals surface area (Å²) in [5.74, 6) is -1.63. The Morgan fingerprint density at radius 1 is 1.08 bits per heavy atom. The standard InChI is InChI=1S/C17H12Cl2F3NO3/c1-9-2-7-12(18)15(14(9)19)23-13(24)8-26-16(25)10-3-5-11(6-4-10)17(20,21)22/h2-7H,8H2,1H3,(H,23,24). The summed E-state index contributed by atoms with van der Waals surface area (Å²) in [7, 11) is 0. The molecule has 1 amide bonds. The highest BCUT2D eigenvalue weighted by molar-refractivity contribution is 6.40.